The minimum atomic E-state index is -0.210. The summed E-state index contributed by atoms with van der Waals surface area (Å²) >= 11 is 0. The van der Waals surface area contributed by atoms with Crippen molar-refractivity contribution in [3.05, 3.63) is 35.4 Å². The van der Waals surface area contributed by atoms with Gasteiger partial charge in [0.25, 0.3) is 5.91 Å². The average Bonchev–Trinajstić information content (AvgIpc) is 2.48. The van der Waals surface area contributed by atoms with E-state index in [9.17, 15) is 9.90 Å². The Balaban J connectivity index is 1.98. The van der Waals surface area contributed by atoms with E-state index in [1.165, 1.54) is 0 Å². The fourth-order valence-electron chi connectivity index (χ4n) is 2.38. The maximum Gasteiger partial charge on any atom is 0.251 e. The highest BCUT2D eigenvalue weighted by atomic mass is 16.3. The van der Waals surface area contributed by atoms with Crippen LogP contribution in [0.5, 0.6) is 0 Å². The summed E-state index contributed by atoms with van der Waals surface area (Å²) in [5, 5.41) is 12.5. The van der Waals surface area contributed by atoms with Gasteiger partial charge in [0.05, 0.1) is 12.6 Å². The minimum Gasteiger partial charge on any atom is -0.393 e. The lowest BCUT2D eigenvalue weighted by atomic mass is 9.93. The number of benzene rings is 1. The van der Waals surface area contributed by atoms with E-state index in [4.69, 9.17) is 5.73 Å². The van der Waals surface area contributed by atoms with Crippen LogP contribution in [0.25, 0.3) is 0 Å². The Kier molecular flexibility index (Phi) is 5.16. The quantitative estimate of drug-likeness (QED) is 0.704. The van der Waals surface area contributed by atoms with E-state index in [-0.39, 0.29) is 18.1 Å². The monoisotopic (exact) mass is 272 g/mol. The van der Waals surface area contributed by atoms with Gasteiger partial charge in [0.2, 0.25) is 0 Å². The van der Waals surface area contributed by atoms with Crippen LogP contribution in [0.2, 0.25) is 0 Å². The Labute approximate surface area is 119 Å². The first-order chi connectivity index (χ1) is 9.69. The van der Waals surface area contributed by atoms with Crippen molar-refractivity contribution in [1.82, 2.24) is 5.32 Å². The lowest BCUT2D eigenvalue weighted by molar-refractivity contribution is 0.0867. The number of nitrogens with two attached hydrogens (primary N) is 1. The Morgan fingerprint density at radius 3 is 2.80 bits per heavy atom. The maximum absolute atomic E-state index is 12.2. The van der Waals surface area contributed by atoms with Crippen molar-refractivity contribution >= 4 is 5.91 Å². The second-order valence-corrected chi connectivity index (χ2v) is 5.07. The molecule has 0 atom stereocenters. The van der Waals surface area contributed by atoms with Gasteiger partial charge in [-0.1, -0.05) is 17.9 Å². The molecular weight excluding hydrogens is 252 g/mol. The second-order valence-electron chi connectivity index (χ2n) is 5.07. The van der Waals surface area contributed by atoms with Gasteiger partial charge in [-0.15, -0.1) is 0 Å². The molecule has 20 heavy (non-hydrogen) atoms. The van der Waals surface area contributed by atoms with E-state index in [1.807, 2.05) is 12.1 Å². The Morgan fingerprint density at radius 2 is 2.10 bits per heavy atom. The molecule has 1 saturated carbocycles. The van der Waals surface area contributed by atoms with E-state index < -0.39 is 0 Å². The van der Waals surface area contributed by atoms with Gasteiger partial charge in [0.15, 0.2) is 0 Å². The van der Waals surface area contributed by atoms with E-state index >= 15 is 0 Å². The highest BCUT2D eigenvalue weighted by molar-refractivity contribution is 5.94. The summed E-state index contributed by atoms with van der Waals surface area (Å²) in [6.45, 7) is 0.306. The van der Waals surface area contributed by atoms with Gasteiger partial charge in [-0.3, -0.25) is 4.79 Å². The third kappa shape index (κ3) is 4.09. The summed E-state index contributed by atoms with van der Waals surface area (Å²) in [5.41, 5.74) is 6.74. The van der Waals surface area contributed by atoms with Crippen LogP contribution in [-0.2, 0) is 0 Å². The SMILES string of the molecule is NCC#Cc1cccc(C(=O)NC2CCC(O)CC2)c1. The third-order valence-electron chi connectivity index (χ3n) is 3.49. The van der Waals surface area contributed by atoms with Crippen molar-refractivity contribution < 1.29 is 9.90 Å². The van der Waals surface area contributed by atoms with Crippen LogP contribution < -0.4 is 11.1 Å². The third-order valence-corrected chi connectivity index (χ3v) is 3.49. The zero-order valence-electron chi connectivity index (χ0n) is 11.4. The number of hydrogen-bond acceptors (Lipinski definition) is 3. The smallest absolute Gasteiger partial charge is 0.251 e. The van der Waals surface area contributed by atoms with Crippen LogP contribution in [0.1, 0.15) is 41.6 Å². The molecular formula is C16H20N2O2. The molecule has 0 aliphatic heterocycles. The van der Waals surface area contributed by atoms with Crippen LogP contribution in [-0.4, -0.2) is 29.7 Å². The zero-order chi connectivity index (χ0) is 14.4. The van der Waals surface area contributed by atoms with Crippen molar-refractivity contribution in [3.63, 3.8) is 0 Å². The predicted octanol–water partition coefficient (Wildman–Crippen LogP) is 1.03. The molecule has 106 valence electrons. The standard InChI is InChI=1S/C16H20N2O2/c17-10-2-4-12-3-1-5-13(11-12)16(20)18-14-6-8-15(19)9-7-14/h1,3,5,11,14-15,19H,6-10,17H2,(H,18,20). The van der Waals surface area contributed by atoms with Gasteiger partial charge in [-0.25, -0.2) is 0 Å². The van der Waals surface area contributed by atoms with Gasteiger partial charge in [-0.2, -0.15) is 0 Å². The molecule has 4 nitrogen and oxygen atoms in total. The molecule has 1 aliphatic rings. The Hall–Kier alpha value is -1.83. The van der Waals surface area contributed by atoms with Gasteiger partial charge >= 0.3 is 0 Å². The summed E-state index contributed by atoms with van der Waals surface area (Å²) < 4.78 is 0. The van der Waals surface area contributed by atoms with Crippen LogP contribution >= 0.6 is 0 Å². The number of amides is 1. The van der Waals surface area contributed by atoms with Crippen molar-refractivity contribution in [2.45, 2.75) is 37.8 Å². The molecule has 4 heteroatoms. The highest BCUT2D eigenvalue weighted by Crippen LogP contribution is 2.18. The number of rotatable bonds is 2. The van der Waals surface area contributed by atoms with Crippen molar-refractivity contribution in [2.75, 3.05) is 6.54 Å². The summed E-state index contributed by atoms with van der Waals surface area (Å²) in [7, 11) is 0. The van der Waals surface area contributed by atoms with E-state index in [0.29, 0.717) is 12.1 Å². The van der Waals surface area contributed by atoms with Crippen molar-refractivity contribution in [1.29, 1.82) is 0 Å². The Bertz CT molecular complexity index is 523. The molecule has 0 radical (unpaired) electrons. The van der Waals surface area contributed by atoms with Crippen LogP contribution in [0.3, 0.4) is 0 Å². The van der Waals surface area contributed by atoms with E-state index in [1.54, 1.807) is 12.1 Å². The lowest BCUT2D eigenvalue weighted by Crippen LogP contribution is -2.38. The first-order valence-corrected chi connectivity index (χ1v) is 6.97. The molecule has 0 spiro atoms. The van der Waals surface area contributed by atoms with Crippen LogP contribution in [0.4, 0.5) is 0 Å². The van der Waals surface area contributed by atoms with E-state index in [2.05, 4.69) is 17.2 Å². The second kappa shape index (κ2) is 7.09. The van der Waals surface area contributed by atoms with Gasteiger partial charge in [0.1, 0.15) is 0 Å². The number of carbonyl (C=O) groups excluding carboxylic acids is 1. The predicted molar refractivity (Wildman–Crippen MR) is 78.1 cm³/mol. The summed E-state index contributed by atoms with van der Waals surface area (Å²) in [5.74, 6) is 5.62. The first-order valence-electron chi connectivity index (χ1n) is 6.97. The zero-order valence-corrected chi connectivity index (χ0v) is 11.4. The molecule has 0 bridgehead atoms. The molecule has 1 aromatic carbocycles. The van der Waals surface area contributed by atoms with Crippen molar-refractivity contribution in [2.24, 2.45) is 5.73 Å². The number of aliphatic hydroxyl groups is 1. The number of carbonyl (C=O) groups is 1. The average molecular weight is 272 g/mol. The molecule has 2 rings (SSSR count). The Morgan fingerprint density at radius 1 is 1.35 bits per heavy atom. The molecule has 1 aromatic rings. The topological polar surface area (TPSA) is 75.4 Å². The number of nitrogens with one attached hydrogen (secondary N) is 1. The first kappa shape index (κ1) is 14.6. The largest absolute Gasteiger partial charge is 0.393 e. The number of aliphatic hydroxyl groups excluding tert-OH is 1. The highest BCUT2D eigenvalue weighted by Gasteiger charge is 2.21. The molecule has 0 unspecified atom stereocenters. The minimum absolute atomic E-state index is 0.0808. The van der Waals surface area contributed by atoms with Gasteiger partial charge in [0, 0.05) is 17.2 Å². The molecule has 0 saturated heterocycles. The molecule has 0 aromatic heterocycles. The number of hydrogen-bond donors (Lipinski definition) is 3. The molecule has 1 aliphatic carbocycles. The van der Waals surface area contributed by atoms with Crippen LogP contribution in [0, 0.1) is 11.8 Å². The summed E-state index contributed by atoms with van der Waals surface area (Å²) in [4.78, 5) is 12.2. The molecule has 0 heterocycles. The summed E-state index contributed by atoms with van der Waals surface area (Å²) in [6.07, 6.45) is 2.97. The maximum atomic E-state index is 12.2. The van der Waals surface area contributed by atoms with Crippen molar-refractivity contribution in [3.8, 4) is 11.8 Å². The van der Waals surface area contributed by atoms with Gasteiger partial charge in [-0.05, 0) is 43.9 Å². The lowest BCUT2D eigenvalue weighted by Gasteiger charge is -2.26. The fourth-order valence-corrected chi connectivity index (χ4v) is 2.38. The normalized spacial score (nSPS) is 21.7. The van der Waals surface area contributed by atoms with Gasteiger partial charge < -0.3 is 16.2 Å². The molecule has 1 amide bonds. The van der Waals surface area contributed by atoms with E-state index in [0.717, 1.165) is 31.2 Å². The van der Waals surface area contributed by atoms with Crippen LogP contribution in [0.15, 0.2) is 24.3 Å². The summed E-state index contributed by atoms with van der Waals surface area (Å²) in [6, 6.07) is 7.39. The molecule has 1 fully saturated rings. The molecule has 4 N–H and O–H groups in total. The fraction of sp³-hybridized carbons (Fsp3) is 0.438.